The van der Waals surface area contributed by atoms with Crippen LogP contribution in [0.4, 0.5) is 0 Å². The molecule has 0 aliphatic carbocycles. The van der Waals surface area contributed by atoms with E-state index in [0.29, 0.717) is 12.6 Å². The minimum absolute atomic E-state index is 0. The van der Waals surface area contributed by atoms with Crippen LogP contribution in [0.25, 0.3) is 0 Å². The van der Waals surface area contributed by atoms with Gasteiger partial charge in [-0.15, -0.1) is 35.3 Å². The highest BCUT2D eigenvalue weighted by molar-refractivity contribution is 14.0. The summed E-state index contributed by atoms with van der Waals surface area (Å²) in [7, 11) is 5.58. The molecule has 1 heterocycles. The van der Waals surface area contributed by atoms with E-state index in [0.717, 1.165) is 36.3 Å². The molecule has 2 atom stereocenters. The average Bonchev–Trinajstić information content (AvgIpc) is 3.22. The van der Waals surface area contributed by atoms with Crippen molar-refractivity contribution < 1.29 is 4.74 Å². The van der Waals surface area contributed by atoms with Gasteiger partial charge >= 0.3 is 0 Å². The second-order valence-corrected chi connectivity index (χ2v) is 7.88. The summed E-state index contributed by atoms with van der Waals surface area (Å²) in [4.78, 5) is 13.8. The van der Waals surface area contributed by atoms with Crippen LogP contribution in [0.1, 0.15) is 49.2 Å². The van der Waals surface area contributed by atoms with Gasteiger partial charge in [-0.05, 0) is 25.6 Å². The molecule has 0 saturated heterocycles. The molecule has 2 unspecified atom stereocenters. The van der Waals surface area contributed by atoms with Gasteiger partial charge < -0.3 is 15.0 Å². The predicted octanol–water partition coefficient (Wildman–Crippen LogP) is 4.56. The number of likely N-dealkylation sites (N-methyl/N-ethyl adjacent to an activating group) is 1. The van der Waals surface area contributed by atoms with Crippen LogP contribution in [-0.4, -0.2) is 61.6 Å². The molecule has 6 nitrogen and oxygen atoms in total. The lowest BCUT2D eigenvalue weighted by molar-refractivity contribution is 0.119. The molecule has 0 amide bonds. The van der Waals surface area contributed by atoms with Gasteiger partial charge in [-0.25, -0.2) is 4.98 Å². The van der Waals surface area contributed by atoms with E-state index in [4.69, 9.17) is 9.72 Å². The topological polar surface area (TPSA) is 53.0 Å². The minimum Gasteiger partial charge on any atom is -0.375 e. The van der Waals surface area contributed by atoms with Crippen LogP contribution in [0.3, 0.4) is 0 Å². The summed E-state index contributed by atoms with van der Waals surface area (Å²) in [5.74, 6) is 0.868. The van der Waals surface area contributed by atoms with Crippen LogP contribution in [0.5, 0.6) is 0 Å². The third-order valence-corrected chi connectivity index (χ3v) is 6.19. The Morgan fingerprint density at radius 1 is 1.23 bits per heavy atom. The maximum Gasteiger partial charge on any atom is 0.193 e. The molecule has 0 saturated carbocycles. The zero-order valence-corrected chi connectivity index (χ0v) is 22.1. The van der Waals surface area contributed by atoms with Crippen molar-refractivity contribution in [1.82, 2.24) is 20.1 Å². The number of nitrogens with zero attached hydrogens (tertiary/aromatic N) is 4. The first-order valence-electron chi connectivity index (χ1n) is 10.2. The molecule has 2 rings (SSSR count). The molecule has 0 aliphatic rings. The van der Waals surface area contributed by atoms with E-state index in [1.165, 1.54) is 5.56 Å². The maximum absolute atomic E-state index is 5.37. The van der Waals surface area contributed by atoms with Crippen LogP contribution in [0.15, 0.2) is 40.7 Å². The number of aliphatic imine (C=N–C) groups is 1. The second kappa shape index (κ2) is 14.0. The van der Waals surface area contributed by atoms with Crippen molar-refractivity contribution in [3.8, 4) is 0 Å². The molecule has 0 fully saturated rings. The van der Waals surface area contributed by atoms with E-state index in [1.54, 1.807) is 18.4 Å². The van der Waals surface area contributed by atoms with Gasteiger partial charge in [0, 0.05) is 33.1 Å². The molecule has 1 aromatic carbocycles. The quantitative estimate of drug-likeness (QED) is 0.270. The zero-order valence-electron chi connectivity index (χ0n) is 19.0. The van der Waals surface area contributed by atoms with Crippen LogP contribution in [0.2, 0.25) is 0 Å². The third kappa shape index (κ3) is 7.47. The molecule has 30 heavy (non-hydrogen) atoms. The number of nitrogens with one attached hydrogen (secondary N) is 1. The molecule has 1 N–H and O–H groups in total. The Kier molecular flexibility index (Phi) is 12.5. The minimum atomic E-state index is 0. The molecule has 0 spiro atoms. The summed E-state index contributed by atoms with van der Waals surface area (Å²) in [6.07, 6.45) is 0.0252. The van der Waals surface area contributed by atoms with E-state index in [-0.39, 0.29) is 30.1 Å². The van der Waals surface area contributed by atoms with Crippen LogP contribution in [-0.2, 0) is 11.3 Å². The summed E-state index contributed by atoms with van der Waals surface area (Å²) in [5, 5.41) is 6.66. The van der Waals surface area contributed by atoms with Gasteiger partial charge in [0.1, 0.15) is 11.1 Å². The molecule has 8 heteroatoms. The Labute approximate surface area is 202 Å². The number of thiazole rings is 1. The van der Waals surface area contributed by atoms with Crippen LogP contribution < -0.4 is 5.32 Å². The SMILES string of the molecule is CCN(CC)C(CNC(=NC)N(C)Cc1csc(C(C)OC)n1)c1ccccc1.I. The maximum atomic E-state index is 5.37. The smallest absolute Gasteiger partial charge is 0.193 e. The van der Waals surface area contributed by atoms with Crippen molar-refractivity contribution in [3.05, 3.63) is 52.0 Å². The highest BCUT2D eigenvalue weighted by atomic mass is 127. The fourth-order valence-corrected chi connectivity index (χ4v) is 4.21. The summed E-state index contributed by atoms with van der Waals surface area (Å²) in [6.45, 7) is 9.95. The first-order valence-corrected chi connectivity index (χ1v) is 11.1. The van der Waals surface area contributed by atoms with E-state index >= 15 is 0 Å². The summed E-state index contributed by atoms with van der Waals surface area (Å²) < 4.78 is 5.37. The highest BCUT2D eigenvalue weighted by Crippen LogP contribution is 2.21. The Morgan fingerprint density at radius 3 is 2.47 bits per heavy atom. The monoisotopic (exact) mass is 545 g/mol. The van der Waals surface area contributed by atoms with Crippen molar-refractivity contribution in [3.63, 3.8) is 0 Å². The van der Waals surface area contributed by atoms with E-state index < -0.39 is 0 Å². The molecule has 1 aromatic heterocycles. The van der Waals surface area contributed by atoms with E-state index in [9.17, 15) is 0 Å². The molecular weight excluding hydrogens is 509 g/mol. The first-order chi connectivity index (χ1) is 14.0. The van der Waals surface area contributed by atoms with Gasteiger partial charge in [0.15, 0.2) is 5.96 Å². The van der Waals surface area contributed by atoms with Gasteiger partial charge in [-0.1, -0.05) is 44.2 Å². The van der Waals surface area contributed by atoms with E-state index in [2.05, 4.69) is 69.7 Å². The molecule has 2 aromatic rings. The fraction of sp³-hybridized carbons (Fsp3) is 0.545. The number of ether oxygens (including phenoxy) is 1. The van der Waals surface area contributed by atoms with Crippen molar-refractivity contribution in [1.29, 1.82) is 0 Å². The van der Waals surface area contributed by atoms with Crippen LogP contribution >= 0.6 is 35.3 Å². The summed E-state index contributed by atoms with van der Waals surface area (Å²) in [6, 6.07) is 11.0. The van der Waals surface area contributed by atoms with Gasteiger partial charge in [0.25, 0.3) is 0 Å². The van der Waals surface area contributed by atoms with Gasteiger partial charge in [-0.3, -0.25) is 9.89 Å². The molecule has 0 radical (unpaired) electrons. The average molecular weight is 546 g/mol. The number of halogens is 1. The van der Waals surface area contributed by atoms with Crippen molar-refractivity contribution in [2.45, 2.75) is 39.5 Å². The van der Waals surface area contributed by atoms with Crippen molar-refractivity contribution in [2.24, 2.45) is 4.99 Å². The zero-order chi connectivity index (χ0) is 21.2. The number of hydrogen-bond acceptors (Lipinski definition) is 5. The molecule has 0 aliphatic heterocycles. The highest BCUT2D eigenvalue weighted by Gasteiger charge is 2.19. The Hall–Kier alpha value is -1.23. The fourth-order valence-electron chi connectivity index (χ4n) is 3.37. The number of hydrogen-bond donors (Lipinski definition) is 1. The second-order valence-electron chi connectivity index (χ2n) is 6.99. The standard InChI is InChI=1S/C22H35N5OS.HI/c1-7-27(8-2)20(18-12-10-9-11-13-18)14-24-22(23-4)26(5)15-19-16-29-21(25-19)17(3)28-6;/h9-13,16-17,20H,7-8,14-15H2,1-6H3,(H,23,24);1H. The van der Waals surface area contributed by atoms with Crippen molar-refractivity contribution >= 4 is 41.3 Å². The lowest BCUT2D eigenvalue weighted by atomic mass is 10.1. The first kappa shape index (κ1) is 26.8. The molecule has 0 bridgehead atoms. The number of methoxy groups -OCH3 is 1. The third-order valence-electron chi connectivity index (χ3n) is 5.13. The van der Waals surface area contributed by atoms with Gasteiger partial charge in [-0.2, -0.15) is 0 Å². The molecule has 168 valence electrons. The lowest BCUT2D eigenvalue weighted by Crippen LogP contribution is -2.43. The predicted molar refractivity (Wildman–Crippen MR) is 138 cm³/mol. The normalized spacial score (nSPS) is 13.6. The Bertz CT molecular complexity index is 751. The molecular formula is C22H36IN5OS. The largest absolute Gasteiger partial charge is 0.375 e. The number of guanidine groups is 1. The summed E-state index contributed by atoms with van der Waals surface area (Å²) in [5.41, 5.74) is 2.35. The Balaban J connectivity index is 0.00000450. The lowest BCUT2D eigenvalue weighted by Gasteiger charge is -2.32. The number of rotatable bonds is 10. The van der Waals surface area contributed by atoms with E-state index in [1.807, 2.05) is 21.0 Å². The van der Waals surface area contributed by atoms with Gasteiger partial charge in [0.05, 0.1) is 18.3 Å². The number of aromatic nitrogens is 1. The van der Waals surface area contributed by atoms with Crippen LogP contribution in [0, 0.1) is 0 Å². The van der Waals surface area contributed by atoms with Gasteiger partial charge in [0.2, 0.25) is 0 Å². The number of benzene rings is 1. The Morgan fingerprint density at radius 2 is 1.90 bits per heavy atom. The van der Waals surface area contributed by atoms with Crippen molar-refractivity contribution in [2.75, 3.05) is 40.8 Å². The summed E-state index contributed by atoms with van der Waals surface area (Å²) >= 11 is 1.64.